The summed E-state index contributed by atoms with van der Waals surface area (Å²) in [5.74, 6) is 0.605. The fraction of sp³-hybridized carbons (Fsp3) is 0.364. The minimum Gasteiger partial charge on any atom is -0.492 e. The van der Waals surface area contributed by atoms with Crippen molar-refractivity contribution in [3.63, 3.8) is 0 Å². The van der Waals surface area contributed by atoms with E-state index in [2.05, 4.69) is 20.9 Å². The normalized spacial score (nSPS) is 11.7. The molecule has 0 aliphatic carbocycles. The standard InChI is InChI=1S/C22H27F3N4O2/c1-3-27-21(28-11-10-16-6-4-7-17(14-16)20(30)26-2)29-12-13-31-19-9-5-8-18(15-19)22(23,24)25/h4-9,14-15H,3,10-13H2,1-2H3,(H,26,30)(H2,27,28,29). The van der Waals surface area contributed by atoms with Gasteiger partial charge in [-0.05, 0) is 49.2 Å². The van der Waals surface area contributed by atoms with Gasteiger partial charge in [0.05, 0.1) is 12.1 Å². The van der Waals surface area contributed by atoms with Gasteiger partial charge in [-0.3, -0.25) is 9.79 Å². The SMILES string of the molecule is CCNC(=NCCc1cccc(C(=O)NC)c1)NCCOc1cccc(C(F)(F)F)c1. The summed E-state index contributed by atoms with van der Waals surface area (Å²) in [6.45, 7) is 3.64. The molecular formula is C22H27F3N4O2. The number of hydrogen-bond acceptors (Lipinski definition) is 3. The van der Waals surface area contributed by atoms with Gasteiger partial charge in [-0.2, -0.15) is 13.2 Å². The van der Waals surface area contributed by atoms with Gasteiger partial charge in [-0.15, -0.1) is 0 Å². The summed E-state index contributed by atoms with van der Waals surface area (Å²) in [5.41, 5.74) is 0.850. The second-order valence-corrected chi connectivity index (χ2v) is 6.59. The van der Waals surface area contributed by atoms with Gasteiger partial charge < -0.3 is 20.7 Å². The third kappa shape index (κ3) is 8.19. The number of nitrogens with one attached hydrogen (secondary N) is 3. The van der Waals surface area contributed by atoms with Gasteiger partial charge in [0.2, 0.25) is 0 Å². The number of hydrogen-bond donors (Lipinski definition) is 3. The van der Waals surface area contributed by atoms with E-state index in [1.165, 1.54) is 12.1 Å². The van der Waals surface area contributed by atoms with Crippen LogP contribution in [0, 0.1) is 0 Å². The topological polar surface area (TPSA) is 74.8 Å². The minimum absolute atomic E-state index is 0.138. The first-order valence-corrected chi connectivity index (χ1v) is 9.96. The lowest BCUT2D eigenvalue weighted by Gasteiger charge is -2.13. The molecule has 2 aromatic rings. The largest absolute Gasteiger partial charge is 0.492 e. The Morgan fingerprint density at radius 3 is 2.58 bits per heavy atom. The van der Waals surface area contributed by atoms with E-state index in [1.54, 1.807) is 13.1 Å². The molecule has 0 fully saturated rings. The molecule has 0 aromatic heterocycles. The first kappa shape index (κ1) is 24.0. The summed E-state index contributed by atoms with van der Waals surface area (Å²) in [5, 5.41) is 8.79. The molecule has 0 bridgehead atoms. The Kier molecular flexibility index (Phi) is 9.17. The zero-order valence-electron chi connectivity index (χ0n) is 17.6. The molecule has 0 aliphatic rings. The van der Waals surface area contributed by atoms with Crippen LogP contribution in [-0.2, 0) is 12.6 Å². The molecule has 0 saturated heterocycles. The number of guanidine groups is 1. The second-order valence-electron chi connectivity index (χ2n) is 6.59. The molecule has 0 atom stereocenters. The van der Waals surface area contributed by atoms with Crippen LogP contribution in [0.4, 0.5) is 13.2 Å². The van der Waals surface area contributed by atoms with E-state index < -0.39 is 11.7 Å². The summed E-state index contributed by atoms with van der Waals surface area (Å²) in [7, 11) is 1.59. The number of halogens is 3. The van der Waals surface area contributed by atoms with Crippen LogP contribution in [0.25, 0.3) is 0 Å². The number of aliphatic imine (C=N–C) groups is 1. The maximum Gasteiger partial charge on any atom is 0.416 e. The van der Waals surface area contributed by atoms with Crippen molar-refractivity contribution in [2.24, 2.45) is 4.99 Å². The molecule has 1 amide bonds. The van der Waals surface area contributed by atoms with Crippen LogP contribution in [-0.4, -0.2) is 45.2 Å². The third-order valence-electron chi connectivity index (χ3n) is 4.26. The van der Waals surface area contributed by atoms with Crippen LogP contribution >= 0.6 is 0 Å². The monoisotopic (exact) mass is 436 g/mol. The van der Waals surface area contributed by atoms with E-state index in [9.17, 15) is 18.0 Å². The molecule has 168 valence electrons. The predicted octanol–water partition coefficient (Wildman–Crippen LogP) is 3.24. The first-order chi connectivity index (χ1) is 14.8. The van der Waals surface area contributed by atoms with Crippen LogP contribution in [0.2, 0.25) is 0 Å². The highest BCUT2D eigenvalue weighted by molar-refractivity contribution is 5.94. The molecule has 6 nitrogen and oxygen atoms in total. The third-order valence-corrected chi connectivity index (χ3v) is 4.26. The Morgan fingerprint density at radius 2 is 1.87 bits per heavy atom. The highest BCUT2D eigenvalue weighted by Crippen LogP contribution is 2.31. The van der Waals surface area contributed by atoms with Crippen molar-refractivity contribution in [1.82, 2.24) is 16.0 Å². The van der Waals surface area contributed by atoms with Crippen molar-refractivity contribution >= 4 is 11.9 Å². The maximum atomic E-state index is 12.8. The second kappa shape index (κ2) is 11.8. The maximum absolute atomic E-state index is 12.8. The fourth-order valence-electron chi connectivity index (χ4n) is 2.75. The van der Waals surface area contributed by atoms with Crippen LogP contribution in [0.1, 0.15) is 28.4 Å². The Labute approximate surface area is 179 Å². The zero-order chi connectivity index (χ0) is 22.7. The van der Waals surface area contributed by atoms with Gasteiger partial charge in [0.1, 0.15) is 12.4 Å². The van der Waals surface area contributed by atoms with E-state index >= 15 is 0 Å². The summed E-state index contributed by atoms with van der Waals surface area (Å²) in [6.07, 6.45) is -3.75. The van der Waals surface area contributed by atoms with Crippen LogP contribution in [0.5, 0.6) is 5.75 Å². The first-order valence-electron chi connectivity index (χ1n) is 9.96. The highest BCUT2D eigenvalue weighted by atomic mass is 19.4. The molecule has 0 radical (unpaired) electrons. The smallest absolute Gasteiger partial charge is 0.416 e. The average molecular weight is 436 g/mol. The molecule has 0 spiro atoms. The lowest BCUT2D eigenvalue weighted by molar-refractivity contribution is -0.137. The van der Waals surface area contributed by atoms with E-state index in [4.69, 9.17) is 4.74 Å². The van der Waals surface area contributed by atoms with Crippen molar-refractivity contribution < 1.29 is 22.7 Å². The van der Waals surface area contributed by atoms with E-state index in [0.717, 1.165) is 17.7 Å². The Bertz CT molecular complexity index is 885. The molecule has 0 saturated carbocycles. The summed E-state index contributed by atoms with van der Waals surface area (Å²) in [6, 6.07) is 12.1. The fourth-order valence-corrected chi connectivity index (χ4v) is 2.75. The van der Waals surface area contributed by atoms with Crippen LogP contribution in [0.15, 0.2) is 53.5 Å². The van der Waals surface area contributed by atoms with E-state index in [-0.39, 0.29) is 18.3 Å². The lowest BCUT2D eigenvalue weighted by atomic mass is 10.1. The number of carbonyl (C=O) groups excluding carboxylic acids is 1. The summed E-state index contributed by atoms with van der Waals surface area (Å²) < 4.78 is 43.7. The highest BCUT2D eigenvalue weighted by Gasteiger charge is 2.30. The number of alkyl halides is 3. The van der Waals surface area contributed by atoms with Gasteiger partial charge in [0.25, 0.3) is 5.91 Å². The zero-order valence-corrected chi connectivity index (χ0v) is 17.6. The molecule has 0 heterocycles. The Morgan fingerprint density at radius 1 is 1.10 bits per heavy atom. The van der Waals surface area contributed by atoms with Gasteiger partial charge in [-0.25, -0.2) is 0 Å². The molecule has 3 N–H and O–H groups in total. The van der Waals surface area contributed by atoms with Crippen molar-refractivity contribution in [3.05, 3.63) is 65.2 Å². The number of carbonyl (C=O) groups is 1. The van der Waals surface area contributed by atoms with Crippen molar-refractivity contribution in [2.75, 3.05) is 33.3 Å². The van der Waals surface area contributed by atoms with Crippen molar-refractivity contribution in [1.29, 1.82) is 0 Å². The van der Waals surface area contributed by atoms with Crippen molar-refractivity contribution in [3.8, 4) is 5.75 Å². The van der Waals surface area contributed by atoms with Gasteiger partial charge in [-0.1, -0.05) is 18.2 Å². The van der Waals surface area contributed by atoms with E-state index in [1.807, 2.05) is 25.1 Å². The molecular weight excluding hydrogens is 409 g/mol. The van der Waals surface area contributed by atoms with Gasteiger partial charge in [0, 0.05) is 25.7 Å². The quantitative estimate of drug-likeness (QED) is 0.321. The Balaban J connectivity index is 1.83. The molecule has 31 heavy (non-hydrogen) atoms. The number of benzene rings is 2. The Hall–Kier alpha value is -3.23. The van der Waals surface area contributed by atoms with Gasteiger partial charge in [0.15, 0.2) is 5.96 Å². The van der Waals surface area contributed by atoms with E-state index in [0.29, 0.717) is 37.6 Å². The summed E-state index contributed by atoms with van der Waals surface area (Å²) >= 11 is 0. The summed E-state index contributed by atoms with van der Waals surface area (Å²) in [4.78, 5) is 16.2. The molecule has 2 rings (SSSR count). The molecule has 0 aliphatic heterocycles. The van der Waals surface area contributed by atoms with Crippen molar-refractivity contribution in [2.45, 2.75) is 19.5 Å². The number of rotatable bonds is 9. The molecule has 9 heteroatoms. The average Bonchev–Trinajstić information content (AvgIpc) is 2.76. The number of nitrogens with zero attached hydrogens (tertiary/aromatic N) is 1. The number of amides is 1. The lowest BCUT2D eigenvalue weighted by Crippen LogP contribution is -2.39. The molecule has 2 aromatic carbocycles. The van der Waals surface area contributed by atoms with Crippen LogP contribution < -0.4 is 20.7 Å². The van der Waals surface area contributed by atoms with Crippen LogP contribution in [0.3, 0.4) is 0 Å². The number of ether oxygens (including phenoxy) is 1. The minimum atomic E-state index is -4.40. The van der Waals surface area contributed by atoms with Gasteiger partial charge >= 0.3 is 6.18 Å². The predicted molar refractivity (Wildman–Crippen MR) is 114 cm³/mol. The molecule has 0 unspecified atom stereocenters.